The van der Waals surface area contributed by atoms with Crippen LogP contribution in [0.2, 0.25) is 4.34 Å². The fraction of sp³-hybridized carbons (Fsp3) is 0.429. The van der Waals surface area contributed by atoms with Gasteiger partial charge in [-0.05, 0) is 18.7 Å². The Morgan fingerprint density at radius 1 is 1.70 bits per heavy atom. The second-order valence-corrected chi connectivity index (χ2v) is 4.03. The molecule has 0 amide bonds. The van der Waals surface area contributed by atoms with Crippen molar-refractivity contribution in [3.8, 4) is 0 Å². The maximum Gasteiger partial charge on any atom is 0.0931 e. The second kappa shape index (κ2) is 3.37. The summed E-state index contributed by atoms with van der Waals surface area (Å²) in [5, 5.41) is 0. The van der Waals surface area contributed by atoms with Gasteiger partial charge in [0.25, 0.3) is 0 Å². The van der Waals surface area contributed by atoms with Gasteiger partial charge in [-0.2, -0.15) is 0 Å². The van der Waals surface area contributed by atoms with Crippen molar-refractivity contribution in [2.24, 2.45) is 5.73 Å². The summed E-state index contributed by atoms with van der Waals surface area (Å²) in [6, 6.07) is 3.94. The van der Waals surface area contributed by atoms with Crippen LogP contribution in [0.3, 0.4) is 0 Å². The van der Waals surface area contributed by atoms with Crippen LogP contribution in [0.4, 0.5) is 0 Å². The Balaban J connectivity index is 2.74. The Morgan fingerprint density at radius 2 is 2.40 bits per heavy atom. The molecule has 0 aromatic carbocycles. The molecule has 2 N–H and O–H groups in total. The minimum Gasteiger partial charge on any atom is -0.330 e. The first-order chi connectivity index (χ1) is 4.74. The van der Waals surface area contributed by atoms with Gasteiger partial charge in [-0.1, -0.05) is 18.5 Å². The summed E-state index contributed by atoms with van der Waals surface area (Å²) in [5.74, 6) is 0.442. The van der Waals surface area contributed by atoms with Gasteiger partial charge in [0, 0.05) is 10.8 Å². The molecule has 0 saturated heterocycles. The molecule has 0 bridgehead atoms. The van der Waals surface area contributed by atoms with Crippen LogP contribution in [0.1, 0.15) is 17.7 Å². The Morgan fingerprint density at radius 3 is 2.80 bits per heavy atom. The largest absolute Gasteiger partial charge is 0.330 e. The minimum atomic E-state index is 0.442. The van der Waals surface area contributed by atoms with Crippen LogP contribution in [-0.2, 0) is 0 Å². The van der Waals surface area contributed by atoms with Crippen molar-refractivity contribution in [2.45, 2.75) is 12.8 Å². The first kappa shape index (κ1) is 8.05. The fourth-order valence-corrected chi connectivity index (χ4v) is 1.83. The summed E-state index contributed by atoms with van der Waals surface area (Å²) in [6.45, 7) is 2.79. The SMILES string of the molecule is CC(CN)c1ccc(Cl)s1. The monoisotopic (exact) mass is 175 g/mol. The van der Waals surface area contributed by atoms with Crippen LogP contribution in [-0.4, -0.2) is 6.54 Å². The van der Waals surface area contributed by atoms with Gasteiger partial charge in [0.2, 0.25) is 0 Å². The number of halogens is 1. The third-order valence-electron chi connectivity index (χ3n) is 1.43. The number of rotatable bonds is 2. The van der Waals surface area contributed by atoms with Gasteiger partial charge >= 0.3 is 0 Å². The van der Waals surface area contributed by atoms with Crippen molar-refractivity contribution in [3.63, 3.8) is 0 Å². The molecule has 0 radical (unpaired) electrons. The summed E-state index contributed by atoms with van der Waals surface area (Å²) in [6.07, 6.45) is 0. The molecule has 1 heterocycles. The molecular formula is C7H10ClNS. The normalized spacial score (nSPS) is 13.5. The van der Waals surface area contributed by atoms with Gasteiger partial charge in [-0.3, -0.25) is 0 Å². The molecule has 1 unspecified atom stereocenters. The maximum atomic E-state index is 5.74. The lowest BCUT2D eigenvalue weighted by atomic mass is 10.1. The van der Waals surface area contributed by atoms with Crippen LogP contribution < -0.4 is 5.73 Å². The molecule has 1 aromatic heterocycles. The fourth-order valence-electron chi connectivity index (χ4n) is 0.709. The molecule has 56 valence electrons. The molecule has 3 heteroatoms. The van der Waals surface area contributed by atoms with Crippen molar-refractivity contribution in [3.05, 3.63) is 21.3 Å². The zero-order valence-corrected chi connectivity index (χ0v) is 7.38. The van der Waals surface area contributed by atoms with E-state index in [1.165, 1.54) is 4.88 Å². The van der Waals surface area contributed by atoms with E-state index in [0.717, 1.165) is 4.34 Å². The van der Waals surface area contributed by atoms with Crippen molar-refractivity contribution < 1.29 is 0 Å². The molecule has 0 aliphatic carbocycles. The molecule has 1 atom stereocenters. The Bertz CT molecular complexity index is 209. The zero-order valence-electron chi connectivity index (χ0n) is 5.80. The Hall–Kier alpha value is -0.0500. The molecule has 1 rings (SSSR count). The topological polar surface area (TPSA) is 26.0 Å². The van der Waals surface area contributed by atoms with E-state index in [2.05, 4.69) is 6.92 Å². The quantitative estimate of drug-likeness (QED) is 0.735. The van der Waals surface area contributed by atoms with E-state index in [4.69, 9.17) is 17.3 Å². The molecular weight excluding hydrogens is 166 g/mol. The summed E-state index contributed by atoms with van der Waals surface area (Å²) in [4.78, 5) is 1.27. The molecule has 1 aromatic rings. The first-order valence-corrected chi connectivity index (χ1v) is 4.38. The van der Waals surface area contributed by atoms with Gasteiger partial charge in [-0.25, -0.2) is 0 Å². The highest BCUT2D eigenvalue weighted by molar-refractivity contribution is 7.16. The minimum absolute atomic E-state index is 0.442. The average molecular weight is 176 g/mol. The molecule has 10 heavy (non-hydrogen) atoms. The van der Waals surface area contributed by atoms with E-state index < -0.39 is 0 Å². The highest BCUT2D eigenvalue weighted by Gasteiger charge is 2.04. The summed E-state index contributed by atoms with van der Waals surface area (Å²) in [7, 11) is 0. The van der Waals surface area contributed by atoms with Crippen molar-refractivity contribution >= 4 is 22.9 Å². The molecule has 0 spiro atoms. The van der Waals surface area contributed by atoms with E-state index in [9.17, 15) is 0 Å². The molecule has 0 fully saturated rings. The van der Waals surface area contributed by atoms with Crippen LogP contribution >= 0.6 is 22.9 Å². The van der Waals surface area contributed by atoms with E-state index in [-0.39, 0.29) is 0 Å². The van der Waals surface area contributed by atoms with Crippen LogP contribution in [0.25, 0.3) is 0 Å². The smallest absolute Gasteiger partial charge is 0.0931 e. The lowest BCUT2D eigenvalue weighted by Gasteiger charge is -2.02. The molecule has 0 aliphatic rings. The lowest BCUT2D eigenvalue weighted by Crippen LogP contribution is -2.06. The number of nitrogens with two attached hydrogens (primary N) is 1. The molecule has 0 saturated carbocycles. The number of hydrogen-bond acceptors (Lipinski definition) is 2. The van der Waals surface area contributed by atoms with Gasteiger partial charge in [-0.15, -0.1) is 11.3 Å². The molecule has 1 nitrogen and oxygen atoms in total. The average Bonchev–Trinajstić information content (AvgIpc) is 2.34. The van der Waals surface area contributed by atoms with E-state index in [1.54, 1.807) is 11.3 Å². The van der Waals surface area contributed by atoms with Crippen LogP contribution in [0.15, 0.2) is 12.1 Å². The zero-order chi connectivity index (χ0) is 7.56. The summed E-state index contributed by atoms with van der Waals surface area (Å²) < 4.78 is 0.843. The predicted octanol–water partition coefficient (Wildman–Crippen LogP) is 2.46. The van der Waals surface area contributed by atoms with Gasteiger partial charge in [0.15, 0.2) is 0 Å². The third kappa shape index (κ3) is 1.72. The van der Waals surface area contributed by atoms with Crippen molar-refractivity contribution in [2.75, 3.05) is 6.54 Å². The van der Waals surface area contributed by atoms with Crippen LogP contribution in [0, 0.1) is 0 Å². The van der Waals surface area contributed by atoms with E-state index in [0.29, 0.717) is 12.5 Å². The number of hydrogen-bond donors (Lipinski definition) is 1. The number of thiophene rings is 1. The second-order valence-electron chi connectivity index (χ2n) is 2.28. The summed E-state index contributed by atoms with van der Waals surface area (Å²) >= 11 is 7.34. The van der Waals surface area contributed by atoms with Crippen molar-refractivity contribution in [1.29, 1.82) is 0 Å². The van der Waals surface area contributed by atoms with Crippen molar-refractivity contribution in [1.82, 2.24) is 0 Å². The lowest BCUT2D eigenvalue weighted by molar-refractivity contribution is 0.790. The van der Waals surface area contributed by atoms with Crippen LogP contribution in [0.5, 0.6) is 0 Å². The predicted molar refractivity (Wildman–Crippen MR) is 46.8 cm³/mol. The van der Waals surface area contributed by atoms with Gasteiger partial charge in [0.1, 0.15) is 0 Å². The Labute approximate surface area is 69.8 Å². The van der Waals surface area contributed by atoms with E-state index in [1.807, 2.05) is 12.1 Å². The Kier molecular flexibility index (Phi) is 2.72. The van der Waals surface area contributed by atoms with Gasteiger partial charge in [0.05, 0.1) is 4.34 Å². The standard InChI is InChI=1S/C7H10ClNS/c1-5(4-9)6-2-3-7(8)10-6/h2-3,5H,4,9H2,1H3. The summed E-state index contributed by atoms with van der Waals surface area (Å²) in [5.41, 5.74) is 5.48. The van der Waals surface area contributed by atoms with Gasteiger partial charge < -0.3 is 5.73 Å². The highest BCUT2D eigenvalue weighted by Crippen LogP contribution is 2.26. The van der Waals surface area contributed by atoms with E-state index >= 15 is 0 Å². The highest BCUT2D eigenvalue weighted by atomic mass is 35.5. The molecule has 0 aliphatic heterocycles. The maximum absolute atomic E-state index is 5.74. The third-order valence-corrected chi connectivity index (χ3v) is 2.90. The first-order valence-electron chi connectivity index (χ1n) is 3.19.